The summed E-state index contributed by atoms with van der Waals surface area (Å²) in [5, 5.41) is 10.6. The normalized spacial score (nSPS) is 13.9. The molecule has 0 aromatic heterocycles. The number of nitrogens with zero attached hydrogens (tertiary/aromatic N) is 3. The highest BCUT2D eigenvalue weighted by Gasteiger charge is 1.76. The molecule has 0 spiro atoms. The second-order valence-electron chi connectivity index (χ2n) is 1.53. The minimum Gasteiger partial charge on any atom is -0.172 e. The molecule has 0 aliphatic rings. The van der Waals surface area contributed by atoms with Crippen molar-refractivity contribution >= 4 is 5.71 Å². The summed E-state index contributed by atoms with van der Waals surface area (Å²) in [6, 6.07) is 0. The van der Waals surface area contributed by atoms with Crippen LogP contribution < -0.4 is 0 Å². The molecule has 0 unspecified atom stereocenters. The number of allylic oxidation sites excluding steroid dienone is 2. The van der Waals surface area contributed by atoms with Crippen LogP contribution in [0.1, 0.15) is 13.8 Å². The fraction of sp³-hybridized carbons (Fsp3) is 0.500. The average Bonchev–Trinajstić information content (AvgIpc) is 1.85. The van der Waals surface area contributed by atoms with E-state index >= 15 is 0 Å². The maximum Gasteiger partial charge on any atom is 0.0614 e. The fourth-order valence-corrected chi connectivity index (χ4v) is 0.390. The lowest BCUT2D eigenvalue weighted by Crippen LogP contribution is -1.79. The molecular weight excluding hydrogens is 114 g/mol. The van der Waals surface area contributed by atoms with E-state index in [1.54, 1.807) is 7.05 Å². The Morgan fingerprint density at radius 3 is 2.56 bits per heavy atom. The molecular formula is C6H11N3. The maximum absolute atomic E-state index is 3.72. The SMILES string of the molecule is CC=CC(C)=NN=NC. The molecule has 0 aromatic carbocycles. The summed E-state index contributed by atoms with van der Waals surface area (Å²) in [6.07, 6.45) is 3.78. The van der Waals surface area contributed by atoms with E-state index in [-0.39, 0.29) is 0 Å². The van der Waals surface area contributed by atoms with Gasteiger partial charge in [0.05, 0.1) is 12.8 Å². The van der Waals surface area contributed by atoms with E-state index in [1.165, 1.54) is 0 Å². The molecule has 0 amide bonds. The minimum absolute atomic E-state index is 0.864. The van der Waals surface area contributed by atoms with Gasteiger partial charge in [-0.05, 0) is 25.1 Å². The van der Waals surface area contributed by atoms with Gasteiger partial charge in [-0.25, -0.2) is 0 Å². The van der Waals surface area contributed by atoms with Gasteiger partial charge in [-0.1, -0.05) is 6.08 Å². The quantitative estimate of drug-likeness (QED) is 0.307. The highest BCUT2D eigenvalue weighted by Crippen LogP contribution is 1.81. The van der Waals surface area contributed by atoms with Crippen molar-refractivity contribution in [2.75, 3.05) is 7.05 Å². The van der Waals surface area contributed by atoms with Crippen molar-refractivity contribution in [3.63, 3.8) is 0 Å². The van der Waals surface area contributed by atoms with Gasteiger partial charge in [0.2, 0.25) is 0 Å². The molecule has 0 rings (SSSR count). The van der Waals surface area contributed by atoms with Crippen LogP contribution in [0.2, 0.25) is 0 Å². The van der Waals surface area contributed by atoms with Crippen molar-refractivity contribution in [1.29, 1.82) is 0 Å². The Morgan fingerprint density at radius 1 is 1.44 bits per heavy atom. The molecule has 50 valence electrons. The van der Waals surface area contributed by atoms with Crippen molar-refractivity contribution in [1.82, 2.24) is 0 Å². The van der Waals surface area contributed by atoms with Crippen LogP contribution in [0.3, 0.4) is 0 Å². The third-order valence-corrected chi connectivity index (χ3v) is 0.700. The van der Waals surface area contributed by atoms with Crippen molar-refractivity contribution < 1.29 is 0 Å². The van der Waals surface area contributed by atoms with Crippen LogP contribution in [0, 0.1) is 0 Å². The molecule has 3 heteroatoms. The number of hydrogen-bond donors (Lipinski definition) is 0. The molecule has 0 bridgehead atoms. The van der Waals surface area contributed by atoms with E-state index in [0.717, 1.165) is 5.71 Å². The van der Waals surface area contributed by atoms with Gasteiger partial charge < -0.3 is 0 Å². The van der Waals surface area contributed by atoms with Crippen molar-refractivity contribution in [3.8, 4) is 0 Å². The predicted molar refractivity (Wildman–Crippen MR) is 38.7 cm³/mol. The monoisotopic (exact) mass is 125 g/mol. The van der Waals surface area contributed by atoms with Gasteiger partial charge >= 0.3 is 0 Å². The van der Waals surface area contributed by atoms with E-state index in [9.17, 15) is 0 Å². The third-order valence-electron chi connectivity index (χ3n) is 0.700. The minimum atomic E-state index is 0.864. The van der Waals surface area contributed by atoms with Crippen molar-refractivity contribution in [2.24, 2.45) is 15.4 Å². The van der Waals surface area contributed by atoms with Crippen LogP contribution in [0.4, 0.5) is 0 Å². The van der Waals surface area contributed by atoms with Crippen LogP contribution >= 0.6 is 0 Å². The zero-order valence-electron chi connectivity index (χ0n) is 6.00. The highest BCUT2D eigenvalue weighted by molar-refractivity contribution is 5.92. The first kappa shape index (κ1) is 8.01. The molecule has 3 nitrogen and oxygen atoms in total. The summed E-state index contributed by atoms with van der Waals surface area (Å²) >= 11 is 0. The van der Waals surface area contributed by atoms with Crippen LogP contribution in [-0.2, 0) is 0 Å². The summed E-state index contributed by atoms with van der Waals surface area (Å²) in [7, 11) is 1.59. The first-order chi connectivity index (χ1) is 4.31. The smallest absolute Gasteiger partial charge is 0.0614 e. The largest absolute Gasteiger partial charge is 0.172 e. The second-order valence-corrected chi connectivity index (χ2v) is 1.53. The van der Waals surface area contributed by atoms with Gasteiger partial charge in [0.25, 0.3) is 0 Å². The van der Waals surface area contributed by atoms with E-state index < -0.39 is 0 Å². The maximum atomic E-state index is 3.72. The van der Waals surface area contributed by atoms with E-state index in [1.807, 2.05) is 26.0 Å². The Bertz CT molecular complexity index is 144. The summed E-state index contributed by atoms with van der Waals surface area (Å²) in [5.74, 6) is 0. The molecule has 0 radical (unpaired) electrons. The van der Waals surface area contributed by atoms with Gasteiger partial charge in [-0.2, -0.15) is 5.11 Å². The first-order valence-electron chi connectivity index (χ1n) is 2.77. The zero-order chi connectivity index (χ0) is 7.11. The molecule has 0 aliphatic heterocycles. The van der Waals surface area contributed by atoms with Gasteiger partial charge in [-0.15, -0.1) is 5.10 Å². The lowest BCUT2D eigenvalue weighted by atomic mass is 10.4. The van der Waals surface area contributed by atoms with Gasteiger partial charge in [0, 0.05) is 0 Å². The number of rotatable bonds is 2. The predicted octanol–water partition coefficient (Wildman–Crippen LogP) is 2.02. The van der Waals surface area contributed by atoms with Crippen molar-refractivity contribution in [3.05, 3.63) is 12.2 Å². The van der Waals surface area contributed by atoms with E-state index in [2.05, 4.69) is 15.4 Å². The van der Waals surface area contributed by atoms with Gasteiger partial charge in [0.15, 0.2) is 0 Å². The Hall–Kier alpha value is -0.990. The van der Waals surface area contributed by atoms with Crippen molar-refractivity contribution in [2.45, 2.75) is 13.8 Å². The Morgan fingerprint density at radius 2 is 2.11 bits per heavy atom. The zero-order valence-corrected chi connectivity index (χ0v) is 6.00. The third kappa shape index (κ3) is 4.87. The molecule has 0 heterocycles. The van der Waals surface area contributed by atoms with E-state index in [4.69, 9.17) is 0 Å². The fourth-order valence-electron chi connectivity index (χ4n) is 0.390. The molecule has 0 saturated carbocycles. The Kier molecular flexibility index (Phi) is 4.59. The molecule has 0 atom stereocenters. The summed E-state index contributed by atoms with van der Waals surface area (Å²) in [4.78, 5) is 0. The summed E-state index contributed by atoms with van der Waals surface area (Å²) in [6.45, 7) is 3.80. The van der Waals surface area contributed by atoms with E-state index in [0.29, 0.717) is 0 Å². The standard InChI is InChI=1S/C6H11N3/c1-4-5-6(2)8-9-7-3/h4-5H,1-3H3. The Labute approximate surface area is 55.2 Å². The first-order valence-corrected chi connectivity index (χ1v) is 2.77. The van der Waals surface area contributed by atoms with Gasteiger partial charge in [0.1, 0.15) is 0 Å². The lowest BCUT2D eigenvalue weighted by Gasteiger charge is -1.81. The Balaban J connectivity index is 3.84. The van der Waals surface area contributed by atoms with Crippen LogP contribution in [0.5, 0.6) is 0 Å². The topological polar surface area (TPSA) is 37.1 Å². The highest BCUT2D eigenvalue weighted by atomic mass is 15.4. The van der Waals surface area contributed by atoms with Crippen LogP contribution in [0.15, 0.2) is 27.6 Å². The number of hydrogen-bond acceptors (Lipinski definition) is 2. The molecule has 9 heavy (non-hydrogen) atoms. The second kappa shape index (κ2) is 5.15. The molecule has 0 N–H and O–H groups in total. The molecule has 0 fully saturated rings. The molecule has 0 saturated heterocycles. The summed E-state index contributed by atoms with van der Waals surface area (Å²) in [5.41, 5.74) is 0.864. The molecule has 0 aromatic rings. The van der Waals surface area contributed by atoms with Crippen LogP contribution in [-0.4, -0.2) is 12.8 Å². The van der Waals surface area contributed by atoms with Gasteiger partial charge in [-0.3, -0.25) is 0 Å². The molecule has 0 aliphatic carbocycles. The average molecular weight is 125 g/mol. The lowest BCUT2D eigenvalue weighted by molar-refractivity contribution is 1.02. The van der Waals surface area contributed by atoms with Crippen LogP contribution in [0.25, 0.3) is 0 Å². The summed E-state index contributed by atoms with van der Waals surface area (Å²) < 4.78 is 0.